The summed E-state index contributed by atoms with van der Waals surface area (Å²) in [5.74, 6) is -0.264. The van der Waals surface area contributed by atoms with E-state index in [2.05, 4.69) is 25.9 Å². The zero-order valence-corrected chi connectivity index (χ0v) is 16.6. The largest absolute Gasteiger partial charge is 0.378 e. The van der Waals surface area contributed by atoms with Crippen LogP contribution in [0.5, 0.6) is 0 Å². The first kappa shape index (κ1) is 20.5. The Bertz CT molecular complexity index is 907. The quantitative estimate of drug-likeness (QED) is 0.427. The highest BCUT2D eigenvalue weighted by molar-refractivity contribution is 5.90. The molecule has 2 aromatic carbocycles. The van der Waals surface area contributed by atoms with Crippen LogP contribution in [0.25, 0.3) is 0 Å². The summed E-state index contributed by atoms with van der Waals surface area (Å²) in [6.45, 7) is 6.88. The van der Waals surface area contributed by atoms with E-state index in [-0.39, 0.29) is 12.5 Å². The third-order valence-electron chi connectivity index (χ3n) is 4.69. The Hall–Kier alpha value is -3.26. The van der Waals surface area contributed by atoms with Gasteiger partial charge in [-0.3, -0.25) is 4.79 Å². The zero-order valence-electron chi connectivity index (χ0n) is 16.6. The molecule has 1 heterocycles. The molecule has 0 radical (unpaired) electrons. The Kier molecular flexibility index (Phi) is 6.91. The van der Waals surface area contributed by atoms with E-state index in [0.29, 0.717) is 24.5 Å². The molecular formula is C21H25N5O3. The summed E-state index contributed by atoms with van der Waals surface area (Å²) < 4.78 is 5.39. The third-order valence-corrected chi connectivity index (χ3v) is 4.69. The van der Waals surface area contributed by atoms with Gasteiger partial charge in [0.25, 0.3) is 5.91 Å². The van der Waals surface area contributed by atoms with Crippen LogP contribution < -0.4 is 15.6 Å². The van der Waals surface area contributed by atoms with Gasteiger partial charge in [-0.05, 0) is 54.4 Å². The van der Waals surface area contributed by atoms with Crippen molar-refractivity contribution in [1.82, 2.24) is 5.43 Å². The van der Waals surface area contributed by atoms with E-state index < -0.39 is 0 Å². The summed E-state index contributed by atoms with van der Waals surface area (Å²) in [6.07, 6.45) is 1.54. The molecule has 0 unspecified atom stereocenters. The SMILES string of the molecule is Cc1ccc(C)c(NCC(=O)N/N=C\c2cc(N=O)ccc2N2CCOCC2)c1. The van der Waals surface area contributed by atoms with Gasteiger partial charge < -0.3 is 15.0 Å². The van der Waals surface area contributed by atoms with Crippen molar-refractivity contribution in [2.45, 2.75) is 13.8 Å². The van der Waals surface area contributed by atoms with Crippen molar-refractivity contribution in [1.29, 1.82) is 0 Å². The van der Waals surface area contributed by atoms with Gasteiger partial charge in [-0.1, -0.05) is 12.1 Å². The summed E-state index contributed by atoms with van der Waals surface area (Å²) >= 11 is 0. The maximum atomic E-state index is 12.1. The Morgan fingerprint density at radius 3 is 2.72 bits per heavy atom. The van der Waals surface area contributed by atoms with Crippen molar-refractivity contribution in [3.05, 3.63) is 58.0 Å². The Morgan fingerprint density at radius 1 is 1.17 bits per heavy atom. The van der Waals surface area contributed by atoms with Crippen LogP contribution in [0, 0.1) is 18.8 Å². The van der Waals surface area contributed by atoms with E-state index in [9.17, 15) is 9.70 Å². The van der Waals surface area contributed by atoms with Crippen LogP contribution in [0.3, 0.4) is 0 Å². The number of morpholine rings is 1. The van der Waals surface area contributed by atoms with Gasteiger partial charge in [-0.25, -0.2) is 5.43 Å². The molecule has 29 heavy (non-hydrogen) atoms. The number of nitrogens with one attached hydrogen (secondary N) is 2. The molecule has 152 valence electrons. The standard InChI is InChI=1S/C21H25N5O3/c1-15-3-4-16(2)19(11-15)22-14-21(27)24-23-13-17-12-18(25-28)5-6-20(17)26-7-9-29-10-8-26/h3-6,11-13,22H,7-10,14H2,1-2H3,(H,24,27)/b23-13-. The fraction of sp³-hybridized carbons (Fsp3) is 0.333. The van der Waals surface area contributed by atoms with Gasteiger partial charge in [0.05, 0.1) is 26.0 Å². The van der Waals surface area contributed by atoms with Crippen molar-refractivity contribution in [3.8, 4) is 0 Å². The van der Waals surface area contributed by atoms with Gasteiger partial charge in [0, 0.05) is 30.0 Å². The van der Waals surface area contributed by atoms with Crippen LogP contribution in [0.4, 0.5) is 17.1 Å². The summed E-state index contributed by atoms with van der Waals surface area (Å²) in [5.41, 5.74) is 7.58. The summed E-state index contributed by atoms with van der Waals surface area (Å²) in [5, 5.41) is 10.2. The average molecular weight is 395 g/mol. The molecule has 0 aliphatic carbocycles. The first-order chi connectivity index (χ1) is 14.1. The second-order valence-electron chi connectivity index (χ2n) is 6.90. The van der Waals surface area contributed by atoms with Crippen LogP contribution in [-0.4, -0.2) is 45.0 Å². The lowest BCUT2D eigenvalue weighted by Gasteiger charge is -2.30. The minimum Gasteiger partial charge on any atom is -0.378 e. The molecule has 0 spiro atoms. The molecule has 0 atom stereocenters. The number of aryl methyl sites for hydroxylation is 2. The van der Waals surface area contributed by atoms with Crippen LogP contribution in [0.1, 0.15) is 16.7 Å². The summed E-state index contributed by atoms with van der Waals surface area (Å²) in [7, 11) is 0. The molecule has 0 aromatic heterocycles. The smallest absolute Gasteiger partial charge is 0.259 e. The average Bonchev–Trinajstić information content (AvgIpc) is 2.75. The molecule has 0 bridgehead atoms. The predicted octanol–water partition coefficient (Wildman–Crippen LogP) is 3.10. The zero-order chi connectivity index (χ0) is 20.6. The first-order valence-electron chi connectivity index (χ1n) is 9.50. The maximum Gasteiger partial charge on any atom is 0.259 e. The predicted molar refractivity (Wildman–Crippen MR) is 115 cm³/mol. The van der Waals surface area contributed by atoms with Crippen LogP contribution >= 0.6 is 0 Å². The summed E-state index contributed by atoms with van der Waals surface area (Å²) in [6, 6.07) is 11.2. The van der Waals surface area contributed by atoms with Crippen molar-refractivity contribution >= 4 is 29.2 Å². The number of hydrogen-bond acceptors (Lipinski definition) is 7. The van der Waals surface area contributed by atoms with Gasteiger partial charge in [-0.2, -0.15) is 5.10 Å². The maximum absolute atomic E-state index is 12.1. The highest BCUT2D eigenvalue weighted by Gasteiger charge is 2.15. The monoisotopic (exact) mass is 395 g/mol. The number of hydrazone groups is 1. The van der Waals surface area contributed by atoms with Gasteiger partial charge in [0.2, 0.25) is 0 Å². The number of amides is 1. The third kappa shape index (κ3) is 5.61. The van der Waals surface area contributed by atoms with Crippen molar-refractivity contribution < 1.29 is 9.53 Å². The molecule has 1 saturated heterocycles. The number of anilines is 2. The normalized spacial score (nSPS) is 14.1. The van der Waals surface area contributed by atoms with Crippen LogP contribution in [-0.2, 0) is 9.53 Å². The highest BCUT2D eigenvalue weighted by Crippen LogP contribution is 2.25. The molecule has 2 aromatic rings. The van der Waals surface area contributed by atoms with E-state index in [1.807, 2.05) is 38.1 Å². The van der Waals surface area contributed by atoms with Gasteiger partial charge in [0.1, 0.15) is 5.69 Å². The van der Waals surface area contributed by atoms with Crippen molar-refractivity contribution in [2.75, 3.05) is 43.1 Å². The van der Waals surface area contributed by atoms with Crippen molar-refractivity contribution in [2.24, 2.45) is 10.3 Å². The number of rotatable bonds is 7. The van der Waals surface area contributed by atoms with Crippen molar-refractivity contribution in [3.63, 3.8) is 0 Å². The molecule has 8 nitrogen and oxygen atoms in total. The van der Waals surface area contributed by atoms with Crippen LogP contribution in [0.2, 0.25) is 0 Å². The lowest BCUT2D eigenvalue weighted by Crippen LogP contribution is -2.36. The lowest BCUT2D eigenvalue weighted by molar-refractivity contribution is -0.119. The molecule has 8 heteroatoms. The fourth-order valence-corrected chi connectivity index (χ4v) is 3.11. The fourth-order valence-electron chi connectivity index (χ4n) is 3.11. The molecule has 3 rings (SSSR count). The number of carbonyl (C=O) groups is 1. The van der Waals surface area contributed by atoms with E-state index in [1.54, 1.807) is 12.1 Å². The molecule has 2 N–H and O–H groups in total. The minimum atomic E-state index is -0.264. The van der Waals surface area contributed by atoms with Gasteiger partial charge in [-0.15, -0.1) is 4.91 Å². The van der Waals surface area contributed by atoms with E-state index in [1.165, 1.54) is 6.21 Å². The second kappa shape index (κ2) is 9.79. The number of carbonyl (C=O) groups excluding carboxylic acids is 1. The number of ether oxygens (including phenoxy) is 1. The second-order valence-corrected chi connectivity index (χ2v) is 6.90. The molecule has 1 aliphatic heterocycles. The number of nitroso groups, excluding NO2 is 1. The molecule has 1 amide bonds. The van der Waals surface area contributed by atoms with Crippen LogP contribution in [0.15, 0.2) is 46.7 Å². The molecule has 0 saturated carbocycles. The highest BCUT2D eigenvalue weighted by atomic mass is 16.5. The Balaban J connectivity index is 1.63. The Labute approximate surface area is 169 Å². The Morgan fingerprint density at radius 2 is 1.97 bits per heavy atom. The van der Waals surface area contributed by atoms with Gasteiger partial charge >= 0.3 is 0 Å². The number of nitrogens with zero attached hydrogens (tertiary/aromatic N) is 3. The first-order valence-corrected chi connectivity index (χ1v) is 9.50. The van der Waals surface area contributed by atoms with E-state index >= 15 is 0 Å². The lowest BCUT2D eigenvalue weighted by atomic mass is 10.1. The molecule has 1 aliphatic rings. The molecular weight excluding hydrogens is 370 g/mol. The topological polar surface area (TPSA) is 95.4 Å². The molecule has 1 fully saturated rings. The van der Waals surface area contributed by atoms with E-state index in [0.717, 1.165) is 35.6 Å². The minimum absolute atomic E-state index is 0.105. The van der Waals surface area contributed by atoms with Gasteiger partial charge in [0.15, 0.2) is 0 Å². The summed E-state index contributed by atoms with van der Waals surface area (Å²) in [4.78, 5) is 25.2. The number of hydrogen-bond donors (Lipinski definition) is 2. The van der Waals surface area contributed by atoms with E-state index in [4.69, 9.17) is 4.74 Å². The number of benzene rings is 2.